The monoisotopic (exact) mass is 244 g/mol. The third-order valence-electron chi connectivity index (χ3n) is 3.31. The highest BCUT2D eigenvalue weighted by molar-refractivity contribution is 5.36. The lowest BCUT2D eigenvalue weighted by Gasteiger charge is -2.24. The summed E-state index contributed by atoms with van der Waals surface area (Å²) in [6, 6.07) is 8.00. The smallest absolute Gasteiger partial charge is 0.0991 e. The number of rotatable bonds is 5. The van der Waals surface area contributed by atoms with Gasteiger partial charge in [-0.25, -0.2) is 4.98 Å². The number of benzene rings is 1. The summed E-state index contributed by atoms with van der Waals surface area (Å²) in [7, 11) is 0. The molecule has 1 aromatic heterocycles. The Hall–Kier alpha value is -1.61. The van der Waals surface area contributed by atoms with E-state index in [0.717, 1.165) is 30.5 Å². The zero-order valence-corrected chi connectivity index (χ0v) is 11.0. The molecule has 0 amide bonds. The first kappa shape index (κ1) is 12.8. The van der Waals surface area contributed by atoms with Gasteiger partial charge < -0.3 is 9.67 Å². The Bertz CT molecular complexity index is 472. The number of hydrogen-bond acceptors (Lipinski definition) is 2. The van der Waals surface area contributed by atoms with Crippen molar-refractivity contribution in [2.45, 2.75) is 38.7 Å². The molecule has 3 nitrogen and oxygen atoms in total. The van der Waals surface area contributed by atoms with Crippen LogP contribution in [0, 0.1) is 0 Å². The molecule has 1 N–H and O–H groups in total. The summed E-state index contributed by atoms with van der Waals surface area (Å²) in [5, 5.41) is 10.4. The SMILES string of the molecule is CCCCC(C)(O)c1ccc(-n2ccnc2)cc1. The van der Waals surface area contributed by atoms with E-state index in [1.807, 2.05) is 42.0 Å². The Balaban J connectivity index is 2.17. The van der Waals surface area contributed by atoms with Gasteiger partial charge in [0.15, 0.2) is 0 Å². The number of nitrogens with zero attached hydrogens (tertiary/aromatic N) is 2. The first-order valence-corrected chi connectivity index (χ1v) is 6.45. The highest BCUT2D eigenvalue weighted by Crippen LogP contribution is 2.27. The Kier molecular flexibility index (Phi) is 3.82. The lowest BCUT2D eigenvalue weighted by atomic mass is 9.90. The van der Waals surface area contributed by atoms with Gasteiger partial charge in [-0.1, -0.05) is 31.9 Å². The van der Waals surface area contributed by atoms with Gasteiger partial charge in [-0.05, 0) is 31.0 Å². The molecule has 1 heterocycles. The minimum absolute atomic E-state index is 0.733. The fourth-order valence-electron chi connectivity index (χ4n) is 2.07. The quantitative estimate of drug-likeness (QED) is 0.876. The fraction of sp³-hybridized carbons (Fsp3) is 0.400. The summed E-state index contributed by atoms with van der Waals surface area (Å²) in [6.07, 6.45) is 8.37. The number of aromatic nitrogens is 2. The van der Waals surface area contributed by atoms with Crippen LogP contribution in [-0.2, 0) is 5.60 Å². The number of aliphatic hydroxyl groups is 1. The van der Waals surface area contributed by atoms with E-state index in [2.05, 4.69) is 11.9 Å². The molecule has 0 fully saturated rings. The third kappa shape index (κ3) is 2.79. The van der Waals surface area contributed by atoms with E-state index >= 15 is 0 Å². The predicted octanol–water partition coefficient (Wildman–Crippen LogP) is 3.27. The molecule has 1 atom stereocenters. The normalized spacial score (nSPS) is 14.4. The fourth-order valence-corrected chi connectivity index (χ4v) is 2.07. The van der Waals surface area contributed by atoms with Gasteiger partial charge in [-0.3, -0.25) is 0 Å². The zero-order valence-electron chi connectivity index (χ0n) is 11.0. The standard InChI is InChI=1S/C15H20N2O/c1-3-4-9-15(2,18)13-5-7-14(8-6-13)17-11-10-16-12-17/h5-8,10-12,18H,3-4,9H2,1-2H3. The van der Waals surface area contributed by atoms with Crippen LogP contribution in [0.15, 0.2) is 43.0 Å². The van der Waals surface area contributed by atoms with Crippen LogP contribution in [0.4, 0.5) is 0 Å². The summed E-state index contributed by atoms with van der Waals surface area (Å²) in [6.45, 7) is 4.02. The van der Waals surface area contributed by atoms with E-state index < -0.39 is 5.60 Å². The van der Waals surface area contributed by atoms with Crippen LogP contribution < -0.4 is 0 Å². The van der Waals surface area contributed by atoms with Gasteiger partial charge in [0.1, 0.15) is 0 Å². The Morgan fingerprint density at radius 1 is 1.28 bits per heavy atom. The van der Waals surface area contributed by atoms with E-state index in [-0.39, 0.29) is 0 Å². The number of imidazole rings is 1. The van der Waals surface area contributed by atoms with Crippen molar-refractivity contribution in [1.82, 2.24) is 9.55 Å². The molecule has 96 valence electrons. The van der Waals surface area contributed by atoms with Crippen molar-refractivity contribution >= 4 is 0 Å². The zero-order chi connectivity index (χ0) is 13.0. The van der Waals surface area contributed by atoms with Gasteiger partial charge in [0.05, 0.1) is 11.9 Å². The van der Waals surface area contributed by atoms with Gasteiger partial charge in [0, 0.05) is 18.1 Å². The molecule has 0 aliphatic rings. The lowest BCUT2D eigenvalue weighted by Crippen LogP contribution is -2.20. The van der Waals surface area contributed by atoms with Crippen LogP contribution in [0.25, 0.3) is 5.69 Å². The van der Waals surface area contributed by atoms with Crippen molar-refractivity contribution in [3.05, 3.63) is 48.5 Å². The molecule has 0 aliphatic heterocycles. The molecule has 1 aromatic carbocycles. The molecule has 0 saturated carbocycles. The molecule has 1 unspecified atom stereocenters. The Morgan fingerprint density at radius 2 is 2.00 bits per heavy atom. The van der Waals surface area contributed by atoms with Crippen molar-refractivity contribution in [2.24, 2.45) is 0 Å². The highest BCUT2D eigenvalue weighted by Gasteiger charge is 2.21. The topological polar surface area (TPSA) is 38.0 Å². The van der Waals surface area contributed by atoms with Gasteiger partial charge in [-0.15, -0.1) is 0 Å². The van der Waals surface area contributed by atoms with E-state index in [0.29, 0.717) is 0 Å². The van der Waals surface area contributed by atoms with Crippen LogP contribution in [0.3, 0.4) is 0 Å². The molecule has 0 radical (unpaired) electrons. The summed E-state index contributed by atoms with van der Waals surface area (Å²) in [5.74, 6) is 0. The van der Waals surface area contributed by atoms with Crippen molar-refractivity contribution < 1.29 is 5.11 Å². The minimum Gasteiger partial charge on any atom is -0.385 e. The van der Waals surface area contributed by atoms with Gasteiger partial charge in [0.25, 0.3) is 0 Å². The third-order valence-corrected chi connectivity index (χ3v) is 3.31. The van der Waals surface area contributed by atoms with Gasteiger partial charge >= 0.3 is 0 Å². The van der Waals surface area contributed by atoms with E-state index in [4.69, 9.17) is 0 Å². The number of unbranched alkanes of at least 4 members (excludes halogenated alkanes) is 1. The first-order chi connectivity index (χ1) is 8.63. The van der Waals surface area contributed by atoms with Crippen molar-refractivity contribution in [1.29, 1.82) is 0 Å². The molecule has 0 aliphatic carbocycles. The summed E-state index contributed by atoms with van der Waals surface area (Å²) >= 11 is 0. The second-order valence-electron chi connectivity index (χ2n) is 4.89. The van der Waals surface area contributed by atoms with Crippen LogP contribution in [-0.4, -0.2) is 14.7 Å². The molecule has 0 spiro atoms. The molecule has 0 bridgehead atoms. The summed E-state index contributed by atoms with van der Waals surface area (Å²) in [4.78, 5) is 4.02. The molecule has 2 rings (SSSR count). The van der Waals surface area contributed by atoms with Crippen molar-refractivity contribution in [3.8, 4) is 5.69 Å². The van der Waals surface area contributed by atoms with E-state index in [1.165, 1.54) is 0 Å². The summed E-state index contributed by atoms with van der Waals surface area (Å²) in [5.41, 5.74) is 1.30. The molecular weight excluding hydrogens is 224 g/mol. The lowest BCUT2D eigenvalue weighted by molar-refractivity contribution is 0.0454. The maximum absolute atomic E-state index is 10.4. The molecule has 3 heteroatoms. The second-order valence-corrected chi connectivity index (χ2v) is 4.89. The predicted molar refractivity (Wildman–Crippen MR) is 72.7 cm³/mol. The highest BCUT2D eigenvalue weighted by atomic mass is 16.3. The molecule has 2 aromatic rings. The van der Waals surface area contributed by atoms with Crippen molar-refractivity contribution in [3.63, 3.8) is 0 Å². The van der Waals surface area contributed by atoms with Crippen LogP contribution in [0.5, 0.6) is 0 Å². The van der Waals surface area contributed by atoms with E-state index in [1.54, 1.807) is 12.5 Å². The Labute approximate surface area is 108 Å². The molecular formula is C15H20N2O. The van der Waals surface area contributed by atoms with Crippen LogP contribution in [0.2, 0.25) is 0 Å². The van der Waals surface area contributed by atoms with Crippen molar-refractivity contribution in [2.75, 3.05) is 0 Å². The first-order valence-electron chi connectivity index (χ1n) is 6.45. The van der Waals surface area contributed by atoms with Gasteiger partial charge in [0.2, 0.25) is 0 Å². The maximum atomic E-state index is 10.4. The Morgan fingerprint density at radius 3 is 2.56 bits per heavy atom. The van der Waals surface area contributed by atoms with Crippen LogP contribution in [0.1, 0.15) is 38.7 Å². The minimum atomic E-state index is -0.733. The average molecular weight is 244 g/mol. The number of hydrogen-bond donors (Lipinski definition) is 1. The van der Waals surface area contributed by atoms with Crippen LogP contribution >= 0.6 is 0 Å². The van der Waals surface area contributed by atoms with Gasteiger partial charge in [-0.2, -0.15) is 0 Å². The second kappa shape index (κ2) is 5.36. The largest absolute Gasteiger partial charge is 0.385 e. The maximum Gasteiger partial charge on any atom is 0.0991 e. The molecule has 18 heavy (non-hydrogen) atoms. The van der Waals surface area contributed by atoms with E-state index in [9.17, 15) is 5.11 Å². The molecule has 0 saturated heterocycles. The summed E-state index contributed by atoms with van der Waals surface area (Å²) < 4.78 is 1.95. The average Bonchev–Trinajstić information content (AvgIpc) is 2.90.